The second-order valence-corrected chi connectivity index (χ2v) is 8.66. The molecule has 1 aliphatic heterocycles. The number of thioether (sulfide) groups is 1. The zero-order chi connectivity index (χ0) is 23.4. The van der Waals surface area contributed by atoms with Gasteiger partial charge in [0, 0.05) is 5.56 Å². The number of halogens is 1. The molecule has 0 radical (unpaired) electrons. The lowest BCUT2D eigenvalue weighted by molar-refractivity contribution is -0.113. The SMILES string of the molecule is COc1cc(C=C2SC(=S)N(c3ccccc3OC)C2=O)ccc1OCc1ccccc1F. The second kappa shape index (κ2) is 10.1. The van der Waals surface area contributed by atoms with E-state index in [-0.39, 0.29) is 18.3 Å². The summed E-state index contributed by atoms with van der Waals surface area (Å²) in [6, 6.07) is 18.9. The van der Waals surface area contributed by atoms with Gasteiger partial charge in [-0.15, -0.1) is 0 Å². The molecule has 1 heterocycles. The fraction of sp³-hybridized carbons (Fsp3) is 0.120. The van der Waals surface area contributed by atoms with Crippen LogP contribution in [0.5, 0.6) is 17.2 Å². The van der Waals surface area contributed by atoms with Gasteiger partial charge in [0.25, 0.3) is 5.91 Å². The van der Waals surface area contributed by atoms with Crippen molar-refractivity contribution in [2.75, 3.05) is 19.1 Å². The van der Waals surface area contributed by atoms with Crippen LogP contribution in [0, 0.1) is 5.82 Å². The Morgan fingerprint density at radius 1 is 0.970 bits per heavy atom. The van der Waals surface area contributed by atoms with Gasteiger partial charge in [-0.2, -0.15) is 0 Å². The fourth-order valence-corrected chi connectivity index (χ4v) is 4.59. The van der Waals surface area contributed by atoms with Crippen molar-refractivity contribution in [2.24, 2.45) is 0 Å². The first-order chi connectivity index (χ1) is 16.0. The van der Waals surface area contributed by atoms with Crippen LogP contribution < -0.4 is 19.1 Å². The molecule has 1 amide bonds. The Labute approximate surface area is 200 Å². The van der Waals surface area contributed by atoms with Crippen LogP contribution >= 0.6 is 24.0 Å². The number of para-hydroxylation sites is 2. The van der Waals surface area contributed by atoms with Crippen LogP contribution in [0.3, 0.4) is 0 Å². The number of thiocarbonyl (C=S) groups is 1. The van der Waals surface area contributed by atoms with Gasteiger partial charge in [0.15, 0.2) is 15.8 Å². The summed E-state index contributed by atoms with van der Waals surface area (Å²) in [5.74, 6) is 0.950. The molecule has 0 bridgehead atoms. The number of anilines is 1. The zero-order valence-corrected chi connectivity index (χ0v) is 19.5. The third-order valence-electron chi connectivity index (χ3n) is 4.95. The maximum Gasteiger partial charge on any atom is 0.270 e. The molecule has 0 spiro atoms. The molecule has 0 aromatic heterocycles. The number of hydrogen-bond donors (Lipinski definition) is 0. The van der Waals surface area contributed by atoms with Gasteiger partial charge in [-0.05, 0) is 42.0 Å². The van der Waals surface area contributed by atoms with E-state index < -0.39 is 0 Å². The number of rotatable bonds is 7. The monoisotopic (exact) mass is 481 g/mol. The normalized spacial score (nSPS) is 14.6. The molecule has 168 valence electrons. The van der Waals surface area contributed by atoms with Crippen molar-refractivity contribution in [3.05, 3.63) is 88.6 Å². The highest BCUT2D eigenvalue weighted by atomic mass is 32.2. The van der Waals surface area contributed by atoms with Gasteiger partial charge in [-0.25, -0.2) is 4.39 Å². The van der Waals surface area contributed by atoms with Crippen molar-refractivity contribution in [1.29, 1.82) is 0 Å². The van der Waals surface area contributed by atoms with Gasteiger partial charge < -0.3 is 14.2 Å². The molecule has 8 heteroatoms. The largest absolute Gasteiger partial charge is 0.495 e. The predicted octanol–water partition coefficient (Wildman–Crippen LogP) is 5.83. The number of amides is 1. The van der Waals surface area contributed by atoms with Gasteiger partial charge >= 0.3 is 0 Å². The van der Waals surface area contributed by atoms with Gasteiger partial charge in [-0.1, -0.05) is 60.4 Å². The van der Waals surface area contributed by atoms with Crippen molar-refractivity contribution in [3.8, 4) is 17.2 Å². The maximum absolute atomic E-state index is 13.9. The van der Waals surface area contributed by atoms with Crippen molar-refractivity contribution < 1.29 is 23.4 Å². The highest BCUT2D eigenvalue weighted by Crippen LogP contribution is 2.40. The average Bonchev–Trinajstić information content (AvgIpc) is 3.11. The van der Waals surface area contributed by atoms with Crippen molar-refractivity contribution in [3.63, 3.8) is 0 Å². The number of ether oxygens (including phenoxy) is 3. The Morgan fingerprint density at radius 2 is 1.70 bits per heavy atom. The molecule has 0 atom stereocenters. The second-order valence-electron chi connectivity index (χ2n) is 6.98. The smallest absolute Gasteiger partial charge is 0.270 e. The molecule has 0 unspecified atom stereocenters. The fourth-order valence-electron chi connectivity index (χ4n) is 3.31. The molecule has 0 aliphatic carbocycles. The van der Waals surface area contributed by atoms with E-state index in [4.69, 9.17) is 26.4 Å². The van der Waals surface area contributed by atoms with Gasteiger partial charge in [0.05, 0.1) is 24.8 Å². The minimum Gasteiger partial charge on any atom is -0.495 e. The van der Waals surface area contributed by atoms with Crippen LogP contribution in [0.1, 0.15) is 11.1 Å². The molecule has 0 N–H and O–H groups in total. The summed E-state index contributed by atoms with van der Waals surface area (Å²) in [4.78, 5) is 15.0. The third kappa shape index (κ3) is 4.86. The molecule has 4 rings (SSSR count). The van der Waals surface area contributed by atoms with Crippen LogP contribution in [-0.4, -0.2) is 24.4 Å². The highest BCUT2D eigenvalue weighted by molar-refractivity contribution is 8.27. The molecule has 1 fully saturated rings. The molecule has 3 aromatic rings. The van der Waals surface area contributed by atoms with E-state index in [0.717, 1.165) is 5.56 Å². The van der Waals surface area contributed by atoms with Crippen LogP contribution in [0.2, 0.25) is 0 Å². The Kier molecular flexibility index (Phi) is 6.96. The van der Waals surface area contributed by atoms with E-state index >= 15 is 0 Å². The van der Waals surface area contributed by atoms with Crippen molar-refractivity contribution in [1.82, 2.24) is 0 Å². The zero-order valence-electron chi connectivity index (χ0n) is 17.9. The number of hydrogen-bond acceptors (Lipinski definition) is 6. The molecule has 1 aliphatic rings. The Morgan fingerprint density at radius 3 is 2.45 bits per heavy atom. The third-order valence-corrected chi connectivity index (χ3v) is 6.25. The Hall–Kier alpha value is -3.36. The summed E-state index contributed by atoms with van der Waals surface area (Å²) in [6.45, 7) is 0.0694. The predicted molar refractivity (Wildman–Crippen MR) is 132 cm³/mol. The summed E-state index contributed by atoms with van der Waals surface area (Å²) in [7, 11) is 3.07. The van der Waals surface area contributed by atoms with Gasteiger partial charge in [0.2, 0.25) is 0 Å². The van der Waals surface area contributed by atoms with Crippen molar-refractivity contribution in [2.45, 2.75) is 6.61 Å². The number of carbonyl (C=O) groups excluding carboxylic acids is 1. The first-order valence-electron chi connectivity index (χ1n) is 9.97. The minimum atomic E-state index is -0.329. The molecule has 5 nitrogen and oxygen atoms in total. The molecule has 33 heavy (non-hydrogen) atoms. The quantitative estimate of drug-likeness (QED) is 0.313. The highest BCUT2D eigenvalue weighted by Gasteiger charge is 2.34. The lowest BCUT2D eigenvalue weighted by Gasteiger charge is -2.17. The van der Waals surface area contributed by atoms with E-state index in [1.165, 1.54) is 29.8 Å². The summed E-state index contributed by atoms with van der Waals surface area (Å²) in [5.41, 5.74) is 1.79. The van der Waals surface area contributed by atoms with Crippen LogP contribution in [0.4, 0.5) is 10.1 Å². The summed E-state index contributed by atoms with van der Waals surface area (Å²) in [6.07, 6.45) is 1.75. The van der Waals surface area contributed by atoms with Gasteiger partial charge in [0.1, 0.15) is 18.2 Å². The first-order valence-corrected chi connectivity index (χ1v) is 11.2. The van der Waals surface area contributed by atoms with Crippen LogP contribution in [0.25, 0.3) is 6.08 Å². The number of benzene rings is 3. The van der Waals surface area contributed by atoms with Crippen molar-refractivity contribution >= 4 is 46.0 Å². The van der Waals surface area contributed by atoms with E-state index in [1.807, 2.05) is 12.1 Å². The molecule has 1 saturated heterocycles. The lowest BCUT2D eigenvalue weighted by Crippen LogP contribution is -2.27. The van der Waals surface area contributed by atoms with E-state index in [0.29, 0.717) is 37.7 Å². The van der Waals surface area contributed by atoms with Gasteiger partial charge in [-0.3, -0.25) is 9.69 Å². The molecular formula is C25H20FNO4S2. The lowest BCUT2D eigenvalue weighted by atomic mass is 10.1. The molecule has 0 saturated carbocycles. The minimum absolute atomic E-state index is 0.0694. The summed E-state index contributed by atoms with van der Waals surface area (Å²) in [5, 5.41) is 0. The summed E-state index contributed by atoms with van der Waals surface area (Å²) < 4.78 is 30.9. The Bertz CT molecular complexity index is 1240. The Balaban J connectivity index is 1.56. The first kappa shape index (κ1) is 22.8. The molecular weight excluding hydrogens is 461 g/mol. The topological polar surface area (TPSA) is 48.0 Å². The standard InChI is InChI=1S/C25H20FNO4S2/c1-29-20-10-6-5-9-19(20)27-24(28)23(33-25(27)32)14-16-11-12-21(22(13-16)30-2)31-15-17-7-3-4-8-18(17)26/h3-14H,15H2,1-2H3. The number of carbonyl (C=O) groups is 1. The van der Waals surface area contributed by atoms with Crippen LogP contribution in [0.15, 0.2) is 71.6 Å². The van der Waals surface area contributed by atoms with E-state index in [2.05, 4.69) is 0 Å². The number of nitrogens with zero attached hydrogens (tertiary/aromatic N) is 1. The van der Waals surface area contributed by atoms with E-state index in [9.17, 15) is 9.18 Å². The van der Waals surface area contributed by atoms with E-state index in [1.54, 1.807) is 61.7 Å². The number of methoxy groups -OCH3 is 2. The molecule has 3 aromatic carbocycles. The summed E-state index contributed by atoms with van der Waals surface area (Å²) >= 11 is 6.67. The maximum atomic E-state index is 13.9. The van der Waals surface area contributed by atoms with Crippen LogP contribution in [-0.2, 0) is 11.4 Å². The average molecular weight is 482 g/mol.